The molecule has 1 saturated carbocycles. The van der Waals surface area contributed by atoms with E-state index < -0.39 is 0 Å². The summed E-state index contributed by atoms with van der Waals surface area (Å²) in [6, 6.07) is 0. The molecule has 0 spiro atoms. The summed E-state index contributed by atoms with van der Waals surface area (Å²) in [5.74, 6) is 1.88. The quantitative estimate of drug-likeness (QED) is 0.331. The van der Waals surface area contributed by atoms with E-state index in [4.69, 9.17) is 0 Å². The van der Waals surface area contributed by atoms with Gasteiger partial charge in [0.05, 0.1) is 0 Å². The van der Waals surface area contributed by atoms with Crippen LogP contribution in [0.25, 0.3) is 0 Å². The molecule has 21 heavy (non-hydrogen) atoms. The van der Waals surface area contributed by atoms with Gasteiger partial charge in [0.2, 0.25) is 0 Å². The average molecular weight is 307 g/mol. The summed E-state index contributed by atoms with van der Waals surface area (Å²) in [7, 11) is 0. The van der Waals surface area contributed by atoms with Crippen LogP contribution in [0.3, 0.4) is 0 Å². The number of nitrogens with one attached hydrogen (secondary N) is 4. The van der Waals surface area contributed by atoms with Gasteiger partial charge in [0.1, 0.15) is 0 Å². The summed E-state index contributed by atoms with van der Waals surface area (Å²) in [5, 5.41) is 14.0. The Labute approximate surface area is 138 Å². The maximum atomic E-state index is 3.62. The molecule has 0 aliphatic heterocycles. The Morgan fingerprint density at radius 2 is 1.05 bits per heavy atom. The molecule has 0 aromatic rings. The van der Waals surface area contributed by atoms with E-state index in [9.17, 15) is 0 Å². The van der Waals surface area contributed by atoms with Gasteiger partial charge in [0.25, 0.3) is 0 Å². The van der Waals surface area contributed by atoms with E-state index in [0.717, 1.165) is 24.9 Å². The molecule has 0 radical (unpaired) electrons. The molecule has 0 heterocycles. The molecule has 1 rings (SSSR count). The van der Waals surface area contributed by atoms with Gasteiger partial charge in [-0.1, -0.05) is 13.8 Å². The fourth-order valence-electron chi connectivity index (χ4n) is 2.74. The third-order valence-corrected chi connectivity index (χ3v) is 4.30. The lowest BCUT2D eigenvalue weighted by Crippen LogP contribution is -2.23. The van der Waals surface area contributed by atoms with Gasteiger partial charge >= 0.3 is 0 Å². The lowest BCUT2D eigenvalue weighted by Gasteiger charge is -2.06. The smallest absolute Gasteiger partial charge is 0 e. The Kier molecular flexibility index (Phi) is 12.1. The van der Waals surface area contributed by atoms with Crippen LogP contribution in [0.5, 0.6) is 0 Å². The van der Waals surface area contributed by atoms with Crippen LogP contribution >= 0.6 is 0 Å². The van der Waals surface area contributed by atoms with Gasteiger partial charge in [-0.25, -0.2) is 0 Å². The molecule has 0 bridgehead atoms. The number of hydrogen-bond donors (Lipinski definition) is 4. The van der Waals surface area contributed by atoms with Crippen LogP contribution in [0.1, 0.15) is 51.7 Å². The molecule has 0 amide bonds. The Morgan fingerprint density at radius 1 is 0.667 bits per heavy atom. The van der Waals surface area contributed by atoms with Gasteiger partial charge in [-0.3, -0.25) is 0 Å². The molecule has 2 atom stereocenters. The van der Waals surface area contributed by atoms with Crippen molar-refractivity contribution in [2.24, 2.45) is 11.8 Å². The standard InChI is InChI=1S/C17H38N4.4H2/c1-3-18-9-5-7-11-20-14-16-13-17(16)15-21-12-8-6-10-19-4-2;;;;/h16-21H,3-15H2,1-2H3;4*1H/t16-,17-;;;;/m1..../s1. The van der Waals surface area contributed by atoms with Crippen LogP contribution < -0.4 is 21.3 Å². The van der Waals surface area contributed by atoms with Crippen molar-refractivity contribution in [1.82, 2.24) is 21.3 Å². The zero-order valence-corrected chi connectivity index (χ0v) is 14.3. The van der Waals surface area contributed by atoms with Gasteiger partial charge in [-0.2, -0.15) is 0 Å². The van der Waals surface area contributed by atoms with Crippen LogP contribution in [0, 0.1) is 11.8 Å². The van der Waals surface area contributed by atoms with Crippen LogP contribution in [0.4, 0.5) is 0 Å². The first-order chi connectivity index (χ1) is 10.4. The second-order valence-corrected chi connectivity index (χ2v) is 6.29. The molecule has 0 aromatic heterocycles. The first-order valence-corrected chi connectivity index (χ1v) is 9.21. The topological polar surface area (TPSA) is 48.1 Å². The Hall–Kier alpha value is -0.160. The molecule has 4 nitrogen and oxygen atoms in total. The van der Waals surface area contributed by atoms with Crippen molar-refractivity contribution in [3.8, 4) is 0 Å². The average Bonchev–Trinajstić information content (AvgIpc) is 3.24. The summed E-state index contributed by atoms with van der Waals surface area (Å²) in [6.07, 6.45) is 6.62. The first-order valence-electron chi connectivity index (χ1n) is 9.21. The summed E-state index contributed by atoms with van der Waals surface area (Å²) in [5.41, 5.74) is 0. The van der Waals surface area contributed by atoms with Crippen molar-refractivity contribution in [2.45, 2.75) is 46.0 Å². The number of hydrogen-bond acceptors (Lipinski definition) is 4. The molecule has 0 aromatic carbocycles. The lowest BCUT2D eigenvalue weighted by atomic mass is 10.2. The van der Waals surface area contributed by atoms with E-state index in [1.165, 1.54) is 71.4 Å². The Bertz CT molecular complexity index is 217. The van der Waals surface area contributed by atoms with Crippen molar-refractivity contribution in [3.05, 3.63) is 0 Å². The highest BCUT2D eigenvalue weighted by Gasteiger charge is 2.35. The number of rotatable bonds is 16. The van der Waals surface area contributed by atoms with Crippen LogP contribution in [0.15, 0.2) is 0 Å². The lowest BCUT2D eigenvalue weighted by molar-refractivity contribution is 0.531. The highest BCUT2D eigenvalue weighted by atomic mass is 14.9. The third-order valence-electron chi connectivity index (χ3n) is 4.30. The largest absolute Gasteiger partial charge is 0.317 e. The van der Waals surface area contributed by atoms with E-state index in [1.807, 2.05) is 0 Å². The van der Waals surface area contributed by atoms with Crippen molar-refractivity contribution in [2.75, 3.05) is 52.4 Å². The summed E-state index contributed by atoms with van der Waals surface area (Å²) >= 11 is 0. The fraction of sp³-hybridized carbons (Fsp3) is 1.00. The summed E-state index contributed by atoms with van der Waals surface area (Å²) < 4.78 is 0. The maximum absolute atomic E-state index is 3.62. The Balaban J connectivity index is -0.000000551. The minimum absolute atomic E-state index is 0. The molecular formula is C17H46N4. The SMILES string of the molecule is CCNCCCCNC[C@H]1C[C@@H]1CNCCCCNCC.[HH].[HH].[HH].[HH]. The molecule has 0 saturated heterocycles. The molecule has 0 unspecified atom stereocenters. The predicted molar refractivity (Wildman–Crippen MR) is 101 cm³/mol. The van der Waals surface area contributed by atoms with Gasteiger partial charge in [-0.05, 0) is 96.3 Å². The predicted octanol–water partition coefficient (Wildman–Crippen LogP) is 2.57. The molecule has 4 N–H and O–H groups in total. The Morgan fingerprint density at radius 3 is 1.43 bits per heavy atom. The zero-order valence-electron chi connectivity index (χ0n) is 14.3. The molecule has 1 fully saturated rings. The monoisotopic (exact) mass is 306 g/mol. The van der Waals surface area contributed by atoms with E-state index in [0.29, 0.717) is 0 Å². The van der Waals surface area contributed by atoms with Gasteiger partial charge < -0.3 is 21.3 Å². The molecular weight excluding hydrogens is 260 g/mol. The van der Waals surface area contributed by atoms with Gasteiger partial charge in [0, 0.05) is 5.71 Å². The van der Waals surface area contributed by atoms with Crippen LogP contribution in [0.2, 0.25) is 0 Å². The fourth-order valence-corrected chi connectivity index (χ4v) is 2.74. The van der Waals surface area contributed by atoms with E-state index in [1.54, 1.807) is 0 Å². The van der Waals surface area contributed by atoms with Crippen molar-refractivity contribution < 1.29 is 5.71 Å². The van der Waals surface area contributed by atoms with Gasteiger partial charge in [-0.15, -0.1) is 0 Å². The summed E-state index contributed by atoms with van der Waals surface area (Å²) in [6.45, 7) is 13.7. The molecule has 134 valence electrons. The summed E-state index contributed by atoms with van der Waals surface area (Å²) in [4.78, 5) is 0. The second kappa shape index (κ2) is 13.5. The van der Waals surface area contributed by atoms with Crippen LogP contribution in [-0.2, 0) is 0 Å². The third kappa shape index (κ3) is 11.1. The second-order valence-electron chi connectivity index (χ2n) is 6.29. The van der Waals surface area contributed by atoms with Crippen molar-refractivity contribution >= 4 is 0 Å². The van der Waals surface area contributed by atoms with Crippen LogP contribution in [-0.4, -0.2) is 52.4 Å². The molecule has 1 aliphatic carbocycles. The number of unbranched alkanes of at least 4 members (excludes halogenated alkanes) is 2. The normalized spacial score (nSPS) is 20.9. The van der Waals surface area contributed by atoms with Crippen molar-refractivity contribution in [3.63, 3.8) is 0 Å². The van der Waals surface area contributed by atoms with E-state index in [2.05, 4.69) is 35.1 Å². The van der Waals surface area contributed by atoms with E-state index in [-0.39, 0.29) is 5.71 Å². The highest BCUT2D eigenvalue weighted by molar-refractivity contribution is 4.89. The van der Waals surface area contributed by atoms with E-state index >= 15 is 0 Å². The molecule has 4 heteroatoms. The first kappa shape index (κ1) is 18.9. The maximum Gasteiger partial charge on any atom is 0 e. The molecule has 1 aliphatic rings. The van der Waals surface area contributed by atoms with Crippen molar-refractivity contribution in [1.29, 1.82) is 0 Å². The minimum atomic E-state index is 0. The zero-order chi connectivity index (χ0) is 15.2. The minimum Gasteiger partial charge on any atom is -0.317 e. The van der Waals surface area contributed by atoms with Gasteiger partial charge in [0.15, 0.2) is 0 Å². The highest BCUT2D eigenvalue weighted by Crippen LogP contribution is 2.36.